The molecule has 0 spiro atoms. The van der Waals surface area contributed by atoms with E-state index in [2.05, 4.69) is 43.5 Å². The third kappa shape index (κ3) is 4.69. The van der Waals surface area contributed by atoms with Gasteiger partial charge in [0.25, 0.3) is 0 Å². The molecule has 0 bridgehead atoms. The van der Waals surface area contributed by atoms with Crippen LogP contribution < -0.4 is 5.32 Å². The standard InChI is InChI=1S/C20H26N6OS/c1-21-20(26-12-10-25(11-13-26)15-16-8-14-27-24-16)22-9-4-7-19-23-17-5-2-3-6-18(17)28-19/h2-3,5-6,8,14H,4,7,9-13,15H2,1H3,(H,21,22). The number of hydrogen-bond acceptors (Lipinski definition) is 6. The highest BCUT2D eigenvalue weighted by Crippen LogP contribution is 2.22. The number of piperazine rings is 1. The van der Waals surface area contributed by atoms with Gasteiger partial charge in [0, 0.05) is 58.8 Å². The second-order valence-corrected chi connectivity index (χ2v) is 8.02. The van der Waals surface area contributed by atoms with Crippen LogP contribution in [0.1, 0.15) is 17.1 Å². The summed E-state index contributed by atoms with van der Waals surface area (Å²) in [7, 11) is 1.86. The van der Waals surface area contributed by atoms with Gasteiger partial charge in [-0.2, -0.15) is 0 Å². The van der Waals surface area contributed by atoms with Crippen LogP contribution in [0.25, 0.3) is 10.2 Å². The van der Waals surface area contributed by atoms with Crippen molar-refractivity contribution in [2.75, 3.05) is 39.8 Å². The molecule has 7 nitrogen and oxygen atoms in total. The molecule has 1 N–H and O–H groups in total. The smallest absolute Gasteiger partial charge is 0.193 e. The molecular weight excluding hydrogens is 372 g/mol. The van der Waals surface area contributed by atoms with E-state index in [1.54, 1.807) is 17.6 Å². The summed E-state index contributed by atoms with van der Waals surface area (Å²) >= 11 is 1.79. The lowest BCUT2D eigenvalue weighted by molar-refractivity contribution is 0.169. The van der Waals surface area contributed by atoms with Crippen molar-refractivity contribution >= 4 is 27.5 Å². The topological polar surface area (TPSA) is 69.8 Å². The van der Waals surface area contributed by atoms with Gasteiger partial charge in [0.1, 0.15) is 6.26 Å². The largest absolute Gasteiger partial charge is 0.364 e. The first-order valence-corrected chi connectivity index (χ1v) is 10.5. The number of nitrogens with zero attached hydrogens (tertiary/aromatic N) is 5. The molecule has 0 atom stereocenters. The molecular formula is C20H26N6OS. The van der Waals surface area contributed by atoms with E-state index in [1.165, 1.54) is 9.71 Å². The summed E-state index contributed by atoms with van der Waals surface area (Å²) in [6.45, 7) is 5.68. The Bertz CT molecular complexity index is 865. The first-order valence-electron chi connectivity index (χ1n) is 9.73. The molecule has 1 fully saturated rings. The van der Waals surface area contributed by atoms with Crippen molar-refractivity contribution in [2.45, 2.75) is 19.4 Å². The number of aromatic nitrogens is 2. The van der Waals surface area contributed by atoms with Crippen LogP contribution in [0.5, 0.6) is 0 Å². The summed E-state index contributed by atoms with van der Waals surface area (Å²) < 4.78 is 6.19. The third-order valence-electron chi connectivity index (χ3n) is 4.95. The van der Waals surface area contributed by atoms with Gasteiger partial charge in [-0.1, -0.05) is 17.3 Å². The van der Waals surface area contributed by atoms with Crippen molar-refractivity contribution in [1.82, 2.24) is 25.3 Å². The Kier molecular flexibility index (Phi) is 6.18. The Morgan fingerprint density at radius 1 is 1.21 bits per heavy atom. The van der Waals surface area contributed by atoms with E-state index in [0.29, 0.717) is 0 Å². The lowest BCUT2D eigenvalue weighted by atomic mass is 10.3. The van der Waals surface area contributed by atoms with Crippen molar-refractivity contribution < 1.29 is 4.52 Å². The van der Waals surface area contributed by atoms with E-state index in [-0.39, 0.29) is 0 Å². The third-order valence-corrected chi connectivity index (χ3v) is 6.05. The van der Waals surface area contributed by atoms with Crippen LogP contribution in [0.4, 0.5) is 0 Å². The highest BCUT2D eigenvalue weighted by molar-refractivity contribution is 7.18. The predicted molar refractivity (Wildman–Crippen MR) is 113 cm³/mol. The number of benzene rings is 1. The maximum absolute atomic E-state index is 4.92. The fourth-order valence-electron chi connectivity index (χ4n) is 3.46. The maximum Gasteiger partial charge on any atom is 0.193 e. The zero-order valence-corrected chi connectivity index (χ0v) is 17.0. The van der Waals surface area contributed by atoms with Crippen LogP contribution in [0.2, 0.25) is 0 Å². The van der Waals surface area contributed by atoms with Crippen LogP contribution in [-0.4, -0.2) is 65.7 Å². The summed E-state index contributed by atoms with van der Waals surface area (Å²) in [5.41, 5.74) is 2.10. The van der Waals surface area contributed by atoms with Crippen LogP contribution in [0.3, 0.4) is 0 Å². The number of rotatable bonds is 6. The van der Waals surface area contributed by atoms with E-state index in [9.17, 15) is 0 Å². The van der Waals surface area contributed by atoms with Gasteiger partial charge in [0.05, 0.1) is 20.9 Å². The van der Waals surface area contributed by atoms with Crippen molar-refractivity contribution in [1.29, 1.82) is 0 Å². The number of hydrogen-bond donors (Lipinski definition) is 1. The van der Waals surface area contributed by atoms with Crippen molar-refractivity contribution in [3.63, 3.8) is 0 Å². The Morgan fingerprint density at radius 3 is 2.82 bits per heavy atom. The zero-order chi connectivity index (χ0) is 19.2. The maximum atomic E-state index is 4.92. The molecule has 1 saturated heterocycles. The van der Waals surface area contributed by atoms with Gasteiger partial charge in [0.15, 0.2) is 5.96 Å². The molecule has 1 aromatic carbocycles. The second-order valence-electron chi connectivity index (χ2n) is 6.91. The van der Waals surface area contributed by atoms with Gasteiger partial charge in [-0.3, -0.25) is 9.89 Å². The molecule has 3 heterocycles. The molecule has 4 rings (SSSR count). The molecule has 0 aliphatic carbocycles. The molecule has 8 heteroatoms. The molecule has 2 aromatic heterocycles. The minimum atomic E-state index is 0.846. The Labute approximate surface area is 169 Å². The van der Waals surface area contributed by atoms with Crippen LogP contribution in [0, 0.1) is 0 Å². The SMILES string of the molecule is CN=C(NCCCc1nc2ccccc2s1)N1CCN(Cc2ccon2)CC1. The Morgan fingerprint density at radius 2 is 2.07 bits per heavy atom. The highest BCUT2D eigenvalue weighted by atomic mass is 32.1. The number of fused-ring (bicyclic) bond motifs is 1. The summed E-state index contributed by atoms with van der Waals surface area (Å²) in [6.07, 6.45) is 3.67. The number of thiazole rings is 1. The van der Waals surface area contributed by atoms with Crippen molar-refractivity contribution in [2.24, 2.45) is 4.99 Å². The minimum absolute atomic E-state index is 0.846. The molecule has 3 aromatic rings. The fourth-order valence-corrected chi connectivity index (χ4v) is 4.47. The molecule has 0 saturated carbocycles. The van der Waals surface area contributed by atoms with Gasteiger partial charge >= 0.3 is 0 Å². The normalized spacial score (nSPS) is 16.0. The first kappa shape index (κ1) is 18.9. The van der Waals surface area contributed by atoms with E-state index in [0.717, 1.165) is 69.3 Å². The molecule has 0 unspecified atom stereocenters. The van der Waals surface area contributed by atoms with Gasteiger partial charge in [-0.25, -0.2) is 4.98 Å². The van der Waals surface area contributed by atoms with E-state index >= 15 is 0 Å². The lowest BCUT2D eigenvalue weighted by Crippen LogP contribution is -2.52. The van der Waals surface area contributed by atoms with Crippen LogP contribution in [-0.2, 0) is 13.0 Å². The van der Waals surface area contributed by atoms with Gasteiger partial charge < -0.3 is 14.7 Å². The minimum Gasteiger partial charge on any atom is -0.364 e. The van der Waals surface area contributed by atoms with Crippen LogP contribution in [0.15, 0.2) is 46.1 Å². The number of nitrogens with one attached hydrogen (secondary N) is 1. The van der Waals surface area contributed by atoms with Crippen molar-refractivity contribution in [3.05, 3.63) is 47.3 Å². The molecule has 1 aliphatic heterocycles. The second kappa shape index (κ2) is 9.16. The number of guanidine groups is 1. The van der Waals surface area contributed by atoms with E-state index < -0.39 is 0 Å². The predicted octanol–water partition coefficient (Wildman–Crippen LogP) is 2.61. The number of aliphatic imine (C=N–C) groups is 1. The molecule has 28 heavy (non-hydrogen) atoms. The molecule has 0 amide bonds. The monoisotopic (exact) mass is 398 g/mol. The highest BCUT2D eigenvalue weighted by Gasteiger charge is 2.20. The first-order chi connectivity index (χ1) is 13.8. The molecule has 148 valence electrons. The molecule has 1 aliphatic rings. The average Bonchev–Trinajstić information content (AvgIpc) is 3.38. The number of para-hydroxylation sites is 1. The quantitative estimate of drug-likeness (QED) is 0.391. The van der Waals surface area contributed by atoms with Gasteiger partial charge in [-0.05, 0) is 18.6 Å². The Balaban J connectivity index is 1.19. The van der Waals surface area contributed by atoms with Gasteiger partial charge in [-0.15, -0.1) is 11.3 Å². The van der Waals surface area contributed by atoms with Gasteiger partial charge in [0.2, 0.25) is 0 Å². The summed E-state index contributed by atoms with van der Waals surface area (Å²) in [5.74, 6) is 0.991. The Hall–Kier alpha value is -2.45. The van der Waals surface area contributed by atoms with E-state index in [1.807, 2.05) is 19.2 Å². The van der Waals surface area contributed by atoms with Crippen molar-refractivity contribution in [3.8, 4) is 0 Å². The lowest BCUT2D eigenvalue weighted by Gasteiger charge is -2.36. The number of aryl methyl sites for hydroxylation is 1. The fraction of sp³-hybridized carbons (Fsp3) is 0.450. The summed E-state index contributed by atoms with van der Waals surface area (Å²) in [5, 5.41) is 8.72. The zero-order valence-electron chi connectivity index (χ0n) is 16.2. The summed E-state index contributed by atoms with van der Waals surface area (Å²) in [6, 6.07) is 10.3. The average molecular weight is 399 g/mol. The molecule has 0 radical (unpaired) electrons. The summed E-state index contributed by atoms with van der Waals surface area (Å²) in [4.78, 5) is 13.9. The van der Waals surface area contributed by atoms with Crippen LogP contribution >= 0.6 is 11.3 Å². The van der Waals surface area contributed by atoms with E-state index in [4.69, 9.17) is 9.51 Å².